The van der Waals surface area contributed by atoms with Gasteiger partial charge in [-0.3, -0.25) is 4.79 Å². The largest absolute Gasteiger partial charge is 0.467 e. The van der Waals surface area contributed by atoms with Gasteiger partial charge in [0.2, 0.25) is 0 Å². The van der Waals surface area contributed by atoms with Crippen LogP contribution in [0.5, 0.6) is 0 Å². The van der Waals surface area contributed by atoms with Gasteiger partial charge in [0.25, 0.3) is 0 Å². The lowest BCUT2D eigenvalue weighted by atomic mass is 10.2. The van der Waals surface area contributed by atoms with Crippen molar-refractivity contribution in [1.29, 1.82) is 0 Å². The Morgan fingerprint density at radius 2 is 1.92 bits per heavy atom. The Morgan fingerprint density at radius 1 is 1.38 bits per heavy atom. The van der Waals surface area contributed by atoms with Crippen molar-refractivity contribution in [3.05, 3.63) is 0 Å². The van der Waals surface area contributed by atoms with Crippen molar-refractivity contribution >= 4 is 14.0 Å². The van der Waals surface area contributed by atoms with E-state index < -0.39 is 8.07 Å². The fourth-order valence-electron chi connectivity index (χ4n) is 0.754. The Balaban J connectivity index is 3.79. The minimum atomic E-state index is -1.31. The number of carbonyl (C=O) groups excluding carboxylic acids is 1. The van der Waals surface area contributed by atoms with Gasteiger partial charge in [0.1, 0.15) is 0 Å². The van der Waals surface area contributed by atoms with Crippen LogP contribution in [0.2, 0.25) is 19.6 Å². The van der Waals surface area contributed by atoms with Gasteiger partial charge in [0, 0.05) is 6.42 Å². The van der Waals surface area contributed by atoms with E-state index in [0.717, 1.165) is 12.8 Å². The molecule has 0 saturated carbocycles. The third-order valence-corrected chi connectivity index (χ3v) is 4.82. The van der Waals surface area contributed by atoms with Gasteiger partial charge in [-0.05, 0) is 13.3 Å². The average molecular weight is 202 g/mol. The first-order valence-corrected chi connectivity index (χ1v) is 8.65. The molecule has 0 amide bonds. The zero-order chi connectivity index (χ0) is 10.5. The van der Waals surface area contributed by atoms with Crippen molar-refractivity contribution in [2.75, 3.05) is 0 Å². The summed E-state index contributed by atoms with van der Waals surface area (Å²) in [6, 6.07) is 0. The summed E-state index contributed by atoms with van der Waals surface area (Å²) in [5, 5.41) is 0. The molecule has 0 spiro atoms. The van der Waals surface area contributed by atoms with Crippen LogP contribution < -0.4 is 0 Å². The summed E-state index contributed by atoms with van der Waals surface area (Å²) in [5.74, 6) is -0.0308. The smallest absolute Gasteiger partial charge is 0.305 e. The maximum absolute atomic E-state index is 11.3. The maximum atomic E-state index is 11.3. The Hall–Kier alpha value is -0.313. The summed E-state index contributed by atoms with van der Waals surface area (Å²) in [6.07, 6.45) is 2.57. The summed E-state index contributed by atoms with van der Waals surface area (Å²) in [7, 11) is -1.31. The van der Waals surface area contributed by atoms with Gasteiger partial charge in [-0.15, -0.1) is 0 Å². The lowest BCUT2D eigenvalue weighted by Gasteiger charge is -2.24. The molecular weight excluding hydrogens is 180 g/mol. The van der Waals surface area contributed by atoms with Crippen molar-refractivity contribution in [2.45, 2.75) is 58.5 Å². The number of hydrogen-bond donors (Lipinski definition) is 0. The molecule has 0 saturated heterocycles. The Kier molecular flexibility index (Phi) is 5.29. The first-order chi connectivity index (χ1) is 5.88. The Morgan fingerprint density at radius 3 is 2.31 bits per heavy atom. The molecule has 1 unspecified atom stereocenters. The average Bonchev–Trinajstić information content (AvgIpc) is 1.99. The summed E-state index contributed by atoms with van der Waals surface area (Å²) < 4.78 is 5.34. The second-order valence-electron chi connectivity index (χ2n) is 4.60. The number of hydrogen-bond acceptors (Lipinski definition) is 2. The Bertz CT molecular complexity index is 161. The van der Waals surface area contributed by atoms with Crippen LogP contribution in [0, 0.1) is 0 Å². The van der Waals surface area contributed by atoms with Gasteiger partial charge >= 0.3 is 5.97 Å². The maximum Gasteiger partial charge on any atom is 0.305 e. The van der Waals surface area contributed by atoms with Gasteiger partial charge < -0.3 is 4.74 Å². The van der Waals surface area contributed by atoms with E-state index in [9.17, 15) is 4.79 Å². The fourth-order valence-corrected chi connectivity index (χ4v) is 1.24. The minimum absolute atomic E-state index is 0.0308. The van der Waals surface area contributed by atoms with Crippen molar-refractivity contribution in [3.8, 4) is 0 Å². The second-order valence-corrected chi connectivity index (χ2v) is 10.1. The van der Waals surface area contributed by atoms with Crippen LogP contribution in [0.1, 0.15) is 33.1 Å². The highest BCUT2D eigenvalue weighted by atomic mass is 28.3. The molecule has 0 heterocycles. The molecule has 0 aromatic carbocycles. The van der Waals surface area contributed by atoms with E-state index in [1.54, 1.807) is 0 Å². The molecule has 0 rings (SSSR count). The molecule has 0 N–H and O–H groups in total. The number of ether oxygens (including phenoxy) is 1. The van der Waals surface area contributed by atoms with E-state index >= 15 is 0 Å². The van der Waals surface area contributed by atoms with Crippen molar-refractivity contribution in [1.82, 2.24) is 0 Å². The fraction of sp³-hybridized carbons (Fsp3) is 0.900. The number of unbranched alkanes of at least 4 members (excludes halogenated alkanes) is 1. The molecule has 0 aromatic heterocycles. The van der Waals surface area contributed by atoms with Crippen molar-refractivity contribution in [2.24, 2.45) is 0 Å². The second kappa shape index (κ2) is 5.42. The van der Waals surface area contributed by atoms with Gasteiger partial charge in [-0.25, -0.2) is 0 Å². The molecule has 0 aromatic rings. The highest BCUT2D eigenvalue weighted by molar-refractivity contribution is 6.77. The molecule has 0 bridgehead atoms. The van der Waals surface area contributed by atoms with Crippen LogP contribution in [0.25, 0.3) is 0 Å². The summed E-state index contributed by atoms with van der Waals surface area (Å²) in [6.45, 7) is 10.7. The van der Waals surface area contributed by atoms with Crippen molar-refractivity contribution in [3.63, 3.8) is 0 Å². The molecule has 1 atom stereocenters. The highest BCUT2D eigenvalue weighted by Crippen LogP contribution is 2.12. The van der Waals surface area contributed by atoms with E-state index in [-0.39, 0.29) is 11.7 Å². The molecular formula is C10H22O2Si. The van der Waals surface area contributed by atoms with E-state index in [1.165, 1.54) is 0 Å². The van der Waals surface area contributed by atoms with Crippen LogP contribution in [-0.2, 0) is 9.53 Å². The number of rotatable bonds is 5. The van der Waals surface area contributed by atoms with Gasteiger partial charge in [-0.1, -0.05) is 33.0 Å². The third kappa shape index (κ3) is 5.85. The quantitative estimate of drug-likeness (QED) is 0.506. The first kappa shape index (κ1) is 12.7. The SMILES string of the molecule is CCCCC(=O)OC(C)[Si](C)(C)C. The molecule has 78 valence electrons. The normalized spacial score (nSPS) is 13.9. The summed E-state index contributed by atoms with van der Waals surface area (Å²) in [5.41, 5.74) is 0.136. The molecule has 0 aliphatic carbocycles. The topological polar surface area (TPSA) is 26.3 Å². The van der Waals surface area contributed by atoms with E-state index in [1.807, 2.05) is 6.92 Å². The highest BCUT2D eigenvalue weighted by Gasteiger charge is 2.25. The molecule has 2 nitrogen and oxygen atoms in total. The minimum Gasteiger partial charge on any atom is -0.467 e. The van der Waals surface area contributed by atoms with Crippen LogP contribution >= 0.6 is 0 Å². The van der Waals surface area contributed by atoms with Gasteiger partial charge in [0.15, 0.2) is 0 Å². The standard InChI is InChI=1S/C10H22O2Si/c1-6-7-8-10(11)12-9(2)13(3,4)5/h9H,6-8H2,1-5H3. The molecule has 3 heteroatoms. The van der Waals surface area contributed by atoms with Crippen LogP contribution in [0.4, 0.5) is 0 Å². The Labute approximate surface area is 82.7 Å². The summed E-state index contributed by atoms with van der Waals surface area (Å²) >= 11 is 0. The predicted octanol–water partition coefficient (Wildman–Crippen LogP) is 2.99. The molecule has 0 aliphatic heterocycles. The summed E-state index contributed by atoms with van der Waals surface area (Å²) in [4.78, 5) is 11.3. The third-order valence-electron chi connectivity index (χ3n) is 2.26. The van der Waals surface area contributed by atoms with E-state index in [0.29, 0.717) is 6.42 Å². The molecule has 0 aliphatic rings. The van der Waals surface area contributed by atoms with Gasteiger partial charge in [0.05, 0.1) is 13.8 Å². The molecule has 0 fully saturated rings. The van der Waals surface area contributed by atoms with Crippen molar-refractivity contribution < 1.29 is 9.53 Å². The predicted molar refractivity (Wildman–Crippen MR) is 58.4 cm³/mol. The van der Waals surface area contributed by atoms with Crippen LogP contribution in [0.3, 0.4) is 0 Å². The number of carbonyl (C=O) groups is 1. The number of esters is 1. The zero-order valence-electron chi connectivity index (χ0n) is 9.52. The monoisotopic (exact) mass is 202 g/mol. The lowest BCUT2D eigenvalue weighted by molar-refractivity contribution is -0.145. The first-order valence-electron chi connectivity index (χ1n) is 5.07. The van der Waals surface area contributed by atoms with Crippen LogP contribution in [0.15, 0.2) is 0 Å². The zero-order valence-corrected chi connectivity index (χ0v) is 10.5. The van der Waals surface area contributed by atoms with Gasteiger partial charge in [-0.2, -0.15) is 0 Å². The van der Waals surface area contributed by atoms with Crippen LogP contribution in [-0.4, -0.2) is 19.8 Å². The molecule has 13 heavy (non-hydrogen) atoms. The lowest BCUT2D eigenvalue weighted by Crippen LogP contribution is -2.39. The molecule has 0 radical (unpaired) electrons. The van der Waals surface area contributed by atoms with E-state index in [2.05, 4.69) is 26.6 Å². The van der Waals surface area contributed by atoms with E-state index in [4.69, 9.17) is 4.74 Å².